The van der Waals surface area contributed by atoms with Crippen molar-refractivity contribution in [2.24, 2.45) is 5.92 Å². The standard InChI is InChI=1S/C27H31ClINO4/c28-22-11-9-19(10-12-22)15-25(32)30(13-14-31)16-21-18-34-24-8-4-7-23(26(24)27(21)29)33-17-20-5-2-1-3-6-20/h4,7-12,18,20,27,31H,1-3,5-6,13-17H2. The van der Waals surface area contributed by atoms with Crippen LogP contribution in [-0.4, -0.2) is 42.2 Å². The molecule has 4 rings (SSSR count). The fourth-order valence-corrected chi connectivity index (χ4v) is 5.67. The van der Waals surface area contributed by atoms with Crippen molar-refractivity contribution in [3.05, 3.63) is 70.4 Å². The first-order valence-electron chi connectivity index (χ1n) is 11.9. The topological polar surface area (TPSA) is 59.0 Å². The van der Waals surface area contributed by atoms with E-state index in [1.165, 1.54) is 32.1 Å². The van der Waals surface area contributed by atoms with Crippen molar-refractivity contribution >= 4 is 40.1 Å². The van der Waals surface area contributed by atoms with Crippen LogP contribution >= 0.6 is 34.2 Å². The van der Waals surface area contributed by atoms with Gasteiger partial charge in [-0.3, -0.25) is 4.79 Å². The van der Waals surface area contributed by atoms with Crippen molar-refractivity contribution in [2.75, 3.05) is 26.3 Å². The van der Waals surface area contributed by atoms with Crippen LogP contribution in [-0.2, 0) is 11.2 Å². The Morgan fingerprint density at radius 1 is 1.15 bits per heavy atom. The van der Waals surface area contributed by atoms with Gasteiger partial charge in [0.15, 0.2) is 0 Å². The lowest BCUT2D eigenvalue weighted by Crippen LogP contribution is -2.37. The Labute approximate surface area is 220 Å². The zero-order valence-electron chi connectivity index (χ0n) is 19.2. The summed E-state index contributed by atoms with van der Waals surface area (Å²) in [5.74, 6) is 2.22. The number of carbonyl (C=O) groups is 1. The second kappa shape index (κ2) is 12.3. The predicted octanol–water partition coefficient (Wildman–Crippen LogP) is 6.12. The summed E-state index contributed by atoms with van der Waals surface area (Å²) in [6.45, 7) is 1.28. The van der Waals surface area contributed by atoms with Gasteiger partial charge < -0.3 is 19.5 Å². The molecule has 5 nitrogen and oxygen atoms in total. The van der Waals surface area contributed by atoms with E-state index in [0.717, 1.165) is 34.8 Å². The monoisotopic (exact) mass is 595 g/mol. The molecule has 7 heteroatoms. The first-order valence-corrected chi connectivity index (χ1v) is 13.6. The predicted molar refractivity (Wildman–Crippen MR) is 143 cm³/mol. The summed E-state index contributed by atoms with van der Waals surface area (Å²) in [7, 11) is 0. The van der Waals surface area contributed by atoms with E-state index in [1.54, 1.807) is 23.3 Å². The number of halogens is 2. The lowest BCUT2D eigenvalue weighted by molar-refractivity contribution is -0.130. The minimum Gasteiger partial charge on any atom is -0.493 e. The van der Waals surface area contributed by atoms with Gasteiger partial charge in [-0.2, -0.15) is 0 Å². The van der Waals surface area contributed by atoms with Gasteiger partial charge in [0.05, 0.1) is 35.4 Å². The van der Waals surface area contributed by atoms with Crippen LogP contribution in [0, 0.1) is 5.92 Å². The van der Waals surface area contributed by atoms with Crippen LogP contribution in [0.5, 0.6) is 11.5 Å². The third kappa shape index (κ3) is 6.46. The smallest absolute Gasteiger partial charge is 0.227 e. The van der Waals surface area contributed by atoms with Crippen molar-refractivity contribution < 1.29 is 19.4 Å². The Morgan fingerprint density at radius 3 is 2.65 bits per heavy atom. The second-order valence-electron chi connectivity index (χ2n) is 9.00. The van der Waals surface area contributed by atoms with E-state index in [4.69, 9.17) is 21.1 Å². The minimum absolute atomic E-state index is 0.00781. The Kier molecular flexibility index (Phi) is 9.14. The number of hydrogen-bond donors (Lipinski definition) is 1. The molecule has 2 aromatic carbocycles. The first kappa shape index (κ1) is 25.3. The first-order chi connectivity index (χ1) is 16.5. The van der Waals surface area contributed by atoms with Crippen LogP contribution in [0.2, 0.25) is 5.02 Å². The molecule has 1 heterocycles. The summed E-state index contributed by atoms with van der Waals surface area (Å²) in [4.78, 5) is 14.7. The number of amides is 1. The largest absolute Gasteiger partial charge is 0.493 e. The highest BCUT2D eigenvalue weighted by Crippen LogP contribution is 2.46. The second-order valence-corrected chi connectivity index (χ2v) is 10.7. The van der Waals surface area contributed by atoms with Crippen molar-refractivity contribution in [2.45, 2.75) is 42.4 Å². The van der Waals surface area contributed by atoms with Crippen LogP contribution in [0.15, 0.2) is 54.3 Å². The molecule has 1 aliphatic carbocycles. The van der Waals surface area contributed by atoms with Gasteiger partial charge in [-0.25, -0.2) is 0 Å². The number of ether oxygens (including phenoxy) is 2. The highest BCUT2D eigenvalue weighted by Gasteiger charge is 2.29. The molecule has 1 saturated carbocycles. The van der Waals surface area contributed by atoms with E-state index >= 15 is 0 Å². The van der Waals surface area contributed by atoms with Crippen LogP contribution in [0.4, 0.5) is 0 Å². The molecule has 0 radical (unpaired) electrons. The molecule has 2 aliphatic rings. The maximum atomic E-state index is 13.0. The van der Waals surface area contributed by atoms with Crippen molar-refractivity contribution in [3.8, 4) is 11.5 Å². The van der Waals surface area contributed by atoms with Crippen molar-refractivity contribution in [1.82, 2.24) is 4.90 Å². The van der Waals surface area contributed by atoms with Gasteiger partial charge in [0.2, 0.25) is 5.91 Å². The minimum atomic E-state index is -0.0985. The van der Waals surface area contributed by atoms with Crippen LogP contribution in [0.3, 0.4) is 0 Å². The number of nitrogens with zero attached hydrogens (tertiary/aromatic N) is 1. The quantitative estimate of drug-likeness (QED) is 0.281. The van der Waals surface area contributed by atoms with E-state index in [-0.39, 0.29) is 29.4 Å². The summed E-state index contributed by atoms with van der Waals surface area (Å²) in [5, 5.41) is 10.2. The highest BCUT2D eigenvalue weighted by atomic mass is 127. The maximum absolute atomic E-state index is 13.0. The van der Waals surface area contributed by atoms with Gasteiger partial charge in [-0.1, -0.05) is 71.7 Å². The zero-order valence-corrected chi connectivity index (χ0v) is 22.1. The van der Waals surface area contributed by atoms with E-state index in [9.17, 15) is 9.90 Å². The Balaban J connectivity index is 1.45. The Bertz CT molecular complexity index is 1000. The number of benzene rings is 2. The van der Waals surface area contributed by atoms with Crippen molar-refractivity contribution in [1.29, 1.82) is 0 Å². The molecule has 0 saturated heterocycles. The van der Waals surface area contributed by atoms with Gasteiger partial charge in [-0.05, 0) is 48.6 Å². The summed E-state index contributed by atoms with van der Waals surface area (Å²) in [6.07, 6.45) is 8.36. The van der Waals surface area contributed by atoms with Crippen LogP contribution in [0.25, 0.3) is 0 Å². The number of aliphatic hydroxyl groups excluding tert-OH is 1. The molecule has 0 bridgehead atoms. The van der Waals surface area contributed by atoms with Crippen molar-refractivity contribution in [3.63, 3.8) is 0 Å². The fourth-order valence-electron chi connectivity index (χ4n) is 4.59. The number of carbonyl (C=O) groups excluding carboxylic acids is 1. The molecule has 2 aromatic rings. The maximum Gasteiger partial charge on any atom is 0.227 e. The molecule has 1 unspecified atom stereocenters. The molecule has 1 aliphatic heterocycles. The normalized spacial score (nSPS) is 18.0. The van der Waals surface area contributed by atoms with Crippen LogP contribution in [0.1, 0.15) is 47.2 Å². The van der Waals surface area contributed by atoms with E-state index in [0.29, 0.717) is 17.5 Å². The average Bonchev–Trinajstić information content (AvgIpc) is 2.86. The molecule has 0 spiro atoms. The summed E-state index contributed by atoms with van der Waals surface area (Å²) in [6, 6.07) is 13.2. The van der Waals surface area contributed by atoms with Gasteiger partial charge >= 0.3 is 0 Å². The average molecular weight is 596 g/mol. The van der Waals surface area contributed by atoms with Gasteiger partial charge in [0, 0.05) is 23.7 Å². The molecule has 1 amide bonds. The fraction of sp³-hybridized carbons (Fsp3) is 0.444. The number of aliphatic hydroxyl groups is 1. The third-order valence-electron chi connectivity index (χ3n) is 6.51. The summed E-state index contributed by atoms with van der Waals surface area (Å²) >= 11 is 8.36. The van der Waals surface area contributed by atoms with Gasteiger partial charge in [0.1, 0.15) is 11.5 Å². The molecule has 182 valence electrons. The number of fused-ring (bicyclic) bond motifs is 1. The lowest BCUT2D eigenvalue weighted by atomic mass is 9.90. The molecule has 1 fully saturated rings. The SMILES string of the molecule is O=C(Cc1ccc(Cl)cc1)N(CCO)CC1=COc2cccc(OCC3CCCCC3)c2C1I. The molecular weight excluding hydrogens is 565 g/mol. The lowest BCUT2D eigenvalue weighted by Gasteiger charge is -2.30. The van der Waals surface area contributed by atoms with E-state index in [2.05, 4.69) is 22.6 Å². The number of hydrogen-bond acceptors (Lipinski definition) is 4. The molecule has 1 N–H and O–H groups in total. The molecule has 34 heavy (non-hydrogen) atoms. The van der Waals surface area contributed by atoms with E-state index < -0.39 is 0 Å². The Morgan fingerprint density at radius 2 is 1.91 bits per heavy atom. The molecule has 0 aromatic heterocycles. The molecular formula is C27H31ClINO4. The highest BCUT2D eigenvalue weighted by molar-refractivity contribution is 14.1. The third-order valence-corrected chi connectivity index (χ3v) is 8.18. The number of alkyl halides is 1. The van der Waals surface area contributed by atoms with Crippen LogP contribution < -0.4 is 9.47 Å². The molecule has 1 atom stereocenters. The van der Waals surface area contributed by atoms with Gasteiger partial charge in [-0.15, -0.1) is 0 Å². The Hall–Kier alpha value is -1.77. The summed E-state index contributed by atoms with van der Waals surface area (Å²) < 4.78 is 12.3. The van der Waals surface area contributed by atoms with E-state index in [1.807, 2.05) is 30.3 Å². The summed E-state index contributed by atoms with van der Waals surface area (Å²) in [5.41, 5.74) is 2.88. The van der Waals surface area contributed by atoms with Gasteiger partial charge in [0.25, 0.3) is 0 Å². The number of rotatable bonds is 9. The zero-order chi connectivity index (χ0) is 23.9.